The molecule has 48 heavy (non-hydrogen) atoms. The zero-order chi connectivity index (χ0) is 32.4. The van der Waals surface area contributed by atoms with Gasteiger partial charge < -0.3 is 0 Å². The molecule has 6 aromatic rings. The predicted molar refractivity (Wildman–Crippen MR) is 189 cm³/mol. The van der Waals surface area contributed by atoms with Crippen LogP contribution in [-0.2, 0) is 10.8 Å². The van der Waals surface area contributed by atoms with E-state index in [0.29, 0.717) is 31.8 Å². The molecule has 0 bridgehead atoms. The summed E-state index contributed by atoms with van der Waals surface area (Å²) in [6.45, 7) is 0. The smallest absolute Gasteiger partial charge is 0.216 e. The van der Waals surface area contributed by atoms with Gasteiger partial charge in [-0.05, 0) is 36.8 Å². The topological polar surface area (TPSA) is 119 Å². The maximum Gasteiger partial charge on any atom is 0.216 e. The predicted octanol–water partition coefficient (Wildman–Crippen LogP) is 5.90. The number of rotatable bonds is 2. The first-order chi connectivity index (χ1) is 23.4. The zero-order valence-electron chi connectivity index (χ0n) is 25.9. The molecule has 2 fully saturated rings. The second-order valence-corrected chi connectivity index (χ2v) is 15.7. The largest absolute Gasteiger partial charge is 0.287 e. The van der Waals surface area contributed by atoms with Crippen molar-refractivity contribution in [2.24, 2.45) is 9.98 Å². The Morgan fingerprint density at radius 1 is 0.500 bits per heavy atom. The first kappa shape index (κ1) is 28.5. The highest BCUT2D eigenvalue weighted by molar-refractivity contribution is 7.18. The number of fused-ring (bicyclic) bond motifs is 10. The summed E-state index contributed by atoms with van der Waals surface area (Å²) in [7, 11) is 0. The molecule has 2 spiro atoms. The summed E-state index contributed by atoms with van der Waals surface area (Å²) < 4.78 is 0. The van der Waals surface area contributed by atoms with E-state index < -0.39 is 0 Å². The molecular weight excluding hydrogens is 641 g/mol. The summed E-state index contributed by atoms with van der Waals surface area (Å²) in [6, 6.07) is 13.8. The highest BCUT2D eigenvalue weighted by atomic mass is 32.1. The molecule has 0 aliphatic heterocycles. The minimum atomic E-state index is -0.342. The Morgan fingerprint density at radius 3 is 1.17 bits per heavy atom. The molecule has 0 saturated heterocycles. The Morgan fingerprint density at radius 2 is 0.833 bits per heavy atom. The number of hydrogen-bond acceptors (Lipinski definition) is 10. The molecule has 0 N–H and O–H groups in total. The van der Waals surface area contributed by atoms with Crippen LogP contribution in [-0.4, -0.2) is 9.97 Å². The van der Waals surface area contributed by atoms with Gasteiger partial charge in [-0.3, -0.25) is 19.2 Å². The van der Waals surface area contributed by atoms with Gasteiger partial charge in [0, 0.05) is 32.4 Å². The third-order valence-electron chi connectivity index (χ3n) is 11.3. The van der Waals surface area contributed by atoms with E-state index >= 15 is 0 Å². The average Bonchev–Trinajstić information content (AvgIpc) is 3.93. The van der Waals surface area contributed by atoms with Gasteiger partial charge in [0.1, 0.15) is 0 Å². The Labute approximate surface area is 280 Å². The highest BCUT2D eigenvalue weighted by Gasteiger charge is 2.60. The fourth-order valence-corrected chi connectivity index (χ4v) is 11.6. The van der Waals surface area contributed by atoms with Crippen LogP contribution in [0.1, 0.15) is 85.4 Å². The Hall–Kier alpha value is -4.54. The van der Waals surface area contributed by atoms with Gasteiger partial charge in [-0.15, -0.1) is 0 Å². The molecule has 2 aromatic heterocycles. The van der Waals surface area contributed by atoms with E-state index in [1.807, 2.05) is 0 Å². The third kappa shape index (κ3) is 3.59. The lowest BCUT2D eigenvalue weighted by Gasteiger charge is -2.35. The molecule has 4 aromatic carbocycles. The van der Waals surface area contributed by atoms with Gasteiger partial charge in [0.15, 0.2) is 10.7 Å². The van der Waals surface area contributed by atoms with E-state index in [0.717, 1.165) is 85.4 Å². The summed E-state index contributed by atoms with van der Waals surface area (Å²) >= 11 is 3.00. The molecule has 0 amide bonds. The molecule has 0 atom stereocenters. The molecule has 4 aliphatic rings. The van der Waals surface area contributed by atoms with Crippen LogP contribution in [0.25, 0.3) is 32.7 Å². The van der Waals surface area contributed by atoms with Crippen molar-refractivity contribution in [3.63, 3.8) is 0 Å². The molecule has 2 saturated carbocycles. The van der Waals surface area contributed by atoms with Gasteiger partial charge in [-0.1, -0.05) is 110 Å². The molecule has 8 nitrogen and oxygen atoms in total. The fourth-order valence-electron chi connectivity index (χ4n) is 9.23. The van der Waals surface area contributed by atoms with E-state index in [-0.39, 0.29) is 43.3 Å². The molecule has 2 heterocycles. The summed E-state index contributed by atoms with van der Waals surface area (Å²) in [5.74, 6) is 0. The zero-order valence-corrected chi connectivity index (χ0v) is 27.6. The van der Waals surface area contributed by atoms with Crippen LogP contribution in [0.15, 0.2) is 77.7 Å². The number of aromatic nitrogens is 2. The van der Waals surface area contributed by atoms with Crippen LogP contribution in [0, 0.1) is 0 Å². The van der Waals surface area contributed by atoms with E-state index in [9.17, 15) is 19.2 Å². The average molecular weight is 669 g/mol. The van der Waals surface area contributed by atoms with Crippen LogP contribution in [0.5, 0.6) is 0 Å². The normalized spacial score (nSPS) is 19.0. The number of benzene rings is 2. The SMILES string of the molecule is O=c1c(=Nc2nc3c(s2)C2=C(c4sc(N=c5c(=O)c6ccccc6c5=O)nc4C24CCCCC4)C32CCCCC2)c(=O)c2ccccc12. The van der Waals surface area contributed by atoms with Crippen molar-refractivity contribution >= 4 is 65.6 Å². The quantitative estimate of drug-likeness (QED) is 0.227. The summed E-state index contributed by atoms with van der Waals surface area (Å²) in [5.41, 5.74) is 2.68. The Bertz CT molecular complexity index is 2450. The maximum absolute atomic E-state index is 13.2. The minimum Gasteiger partial charge on any atom is -0.287 e. The fraction of sp³-hybridized carbons (Fsp3) is 0.316. The van der Waals surface area contributed by atoms with Crippen molar-refractivity contribution in [2.45, 2.75) is 75.0 Å². The summed E-state index contributed by atoms with van der Waals surface area (Å²) in [5, 5.41) is 2.40. The van der Waals surface area contributed by atoms with Crippen molar-refractivity contribution in [1.29, 1.82) is 0 Å². The number of allylic oxidation sites excluding steroid dienone is 2. The number of hydrogen-bond donors (Lipinski definition) is 0. The highest BCUT2D eigenvalue weighted by Crippen LogP contribution is 2.71. The first-order valence-electron chi connectivity index (χ1n) is 16.7. The van der Waals surface area contributed by atoms with Crippen molar-refractivity contribution in [3.8, 4) is 0 Å². The van der Waals surface area contributed by atoms with Gasteiger partial charge in [-0.2, -0.15) is 0 Å². The summed E-state index contributed by atoms with van der Waals surface area (Å²) in [4.78, 5) is 74.9. The molecule has 0 unspecified atom stereocenters. The van der Waals surface area contributed by atoms with Crippen LogP contribution in [0.3, 0.4) is 0 Å². The lowest BCUT2D eigenvalue weighted by Crippen LogP contribution is -2.31. The van der Waals surface area contributed by atoms with Gasteiger partial charge >= 0.3 is 0 Å². The van der Waals surface area contributed by atoms with Gasteiger partial charge in [0.05, 0.1) is 21.1 Å². The molecule has 236 valence electrons. The first-order valence-corrected chi connectivity index (χ1v) is 18.4. The van der Waals surface area contributed by atoms with Gasteiger partial charge in [0.2, 0.25) is 32.0 Å². The lowest BCUT2D eigenvalue weighted by atomic mass is 9.68. The van der Waals surface area contributed by atoms with Crippen molar-refractivity contribution in [1.82, 2.24) is 9.97 Å². The maximum atomic E-state index is 13.2. The number of thiazole rings is 2. The van der Waals surface area contributed by atoms with Crippen molar-refractivity contribution < 1.29 is 0 Å². The summed E-state index contributed by atoms with van der Waals surface area (Å²) in [6.07, 6.45) is 10.4. The van der Waals surface area contributed by atoms with Gasteiger partial charge in [0.25, 0.3) is 0 Å². The third-order valence-corrected chi connectivity index (χ3v) is 13.3. The molecular formula is C38H28N4O4S2. The monoisotopic (exact) mass is 668 g/mol. The lowest BCUT2D eigenvalue weighted by molar-refractivity contribution is 0.366. The minimum absolute atomic E-state index is 0.0583. The molecule has 10 heteroatoms. The van der Waals surface area contributed by atoms with E-state index in [1.54, 1.807) is 48.5 Å². The second kappa shape index (κ2) is 9.99. The van der Waals surface area contributed by atoms with Crippen LogP contribution in [0.2, 0.25) is 0 Å². The Kier molecular flexibility index (Phi) is 5.93. The second-order valence-electron chi connectivity index (χ2n) is 13.7. The Balaban J connectivity index is 1.20. The van der Waals surface area contributed by atoms with Crippen molar-refractivity contribution in [3.05, 3.63) is 121 Å². The van der Waals surface area contributed by atoms with Crippen molar-refractivity contribution in [2.75, 3.05) is 0 Å². The number of nitrogens with zero attached hydrogens (tertiary/aromatic N) is 4. The van der Waals surface area contributed by atoms with Crippen LogP contribution >= 0.6 is 22.7 Å². The van der Waals surface area contributed by atoms with E-state index in [2.05, 4.69) is 9.98 Å². The molecule has 4 aliphatic carbocycles. The molecule has 10 rings (SSSR count). The molecule has 0 radical (unpaired) electrons. The standard InChI is InChI=1S/C38H28N4O4S2/c43-27-19-11-3-4-12-20(19)28(44)25(27)39-35-41-33-32(48-35)24-23(37(33)15-7-1-8-16-37)31-34(38(24)17-9-2-10-18-38)42-36(47-31)40-26-29(45)21-13-5-6-14-22(21)30(26)46/h3-6,11-14H,1-2,7-10,15-18H2. The van der Waals surface area contributed by atoms with E-state index in [1.165, 1.54) is 33.8 Å². The van der Waals surface area contributed by atoms with Gasteiger partial charge in [-0.25, -0.2) is 20.0 Å². The van der Waals surface area contributed by atoms with Crippen LogP contribution in [0.4, 0.5) is 10.3 Å². The van der Waals surface area contributed by atoms with E-state index in [4.69, 9.17) is 9.97 Å². The van der Waals surface area contributed by atoms with Crippen LogP contribution < -0.4 is 32.4 Å².